The summed E-state index contributed by atoms with van der Waals surface area (Å²) in [6, 6.07) is 3.32. The maximum atomic E-state index is 9.98. The zero-order chi connectivity index (χ0) is 15.8. The third kappa shape index (κ3) is 49.7. The number of aromatic nitrogens is 1. The summed E-state index contributed by atoms with van der Waals surface area (Å²) in [6.45, 7) is 10.0. The number of pyridine rings is 1. The zero-order valence-electron chi connectivity index (χ0n) is 10.2. The average molecular weight is 309 g/mol. The average Bonchev–Trinajstić information content (AvgIpc) is 2.57. The van der Waals surface area contributed by atoms with Gasteiger partial charge in [-0.25, -0.2) is 0 Å². The molecular formula is C11H15CrNO6. The van der Waals surface area contributed by atoms with Crippen LogP contribution in [0.1, 0.15) is 10.4 Å². The molecule has 19 heavy (non-hydrogen) atoms. The van der Waals surface area contributed by atoms with Crippen molar-refractivity contribution in [2.24, 2.45) is 0 Å². The smallest absolute Gasteiger partial charge is 0.150 e. The van der Waals surface area contributed by atoms with Crippen LogP contribution >= 0.6 is 0 Å². The second-order valence-electron chi connectivity index (χ2n) is 1.40. The molecule has 0 aliphatic heterocycles. The van der Waals surface area contributed by atoms with Crippen LogP contribution in [0, 0.1) is 0 Å². The van der Waals surface area contributed by atoms with Gasteiger partial charge in [0.2, 0.25) is 0 Å². The van der Waals surface area contributed by atoms with Gasteiger partial charge in [-0.3, -0.25) is 9.78 Å². The van der Waals surface area contributed by atoms with Crippen LogP contribution in [0.5, 0.6) is 0 Å². The monoisotopic (exact) mass is 309 g/mol. The molecule has 1 aromatic rings. The summed E-state index contributed by atoms with van der Waals surface area (Å²) >= 11 is 0. The first kappa shape index (κ1) is 36.0. The summed E-state index contributed by atoms with van der Waals surface area (Å²) < 4.78 is 0. The predicted molar refractivity (Wildman–Crippen MR) is 65.2 cm³/mol. The standard InChI is InChI=1S/C6H5NO.5CH2O.Cr/c8-5-6-1-3-7-4-2-6;5*1-2;/h1-5H;5*1H2;. The summed E-state index contributed by atoms with van der Waals surface area (Å²) in [4.78, 5) is 53.7. The molecule has 0 atom stereocenters. The van der Waals surface area contributed by atoms with Gasteiger partial charge in [-0.2, -0.15) is 0 Å². The Balaban J connectivity index is -0.0000000332. The molecule has 8 heteroatoms. The van der Waals surface area contributed by atoms with E-state index in [0.29, 0.717) is 5.56 Å². The van der Waals surface area contributed by atoms with Crippen molar-refractivity contribution in [2.45, 2.75) is 0 Å². The van der Waals surface area contributed by atoms with E-state index in [2.05, 4.69) is 4.98 Å². The van der Waals surface area contributed by atoms with Crippen LogP contribution in [0.2, 0.25) is 0 Å². The van der Waals surface area contributed by atoms with Gasteiger partial charge in [0.05, 0.1) is 0 Å². The molecule has 7 nitrogen and oxygen atoms in total. The van der Waals surface area contributed by atoms with E-state index >= 15 is 0 Å². The molecule has 1 aromatic heterocycles. The molecule has 0 aliphatic carbocycles. The van der Waals surface area contributed by atoms with Gasteiger partial charge in [-0.15, -0.1) is 0 Å². The van der Waals surface area contributed by atoms with Crippen molar-refractivity contribution in [1.29, 1.82) is 0 Å². The summed E-state index contributed by atoms with van der Waals surface area (Å²) in [5.41, 5.74) is 0.667. The van der Waals surface area contributed by atoms with E-state index in [0.717, 1.165) is 6.29 Å². The molecule has 0 fully saturated rings. The van der Waals surface area contributed by atoms with Crippen molar-refractivity contribution >= 4 is 40.2 Å². The molecular weight excluding hydrogens is 294 g/mol. The molecule has 0 saturated heterocycles. The predicted octanol–water partition coefficient (Wildman–Crippen LogP) is -0.0329. The summed E-state index contributed by atoms with van der Waals surface area (Å²) in [6.07, 6.45) is 3.97. The van der Waals surface area contributed by atoms with Crippen molar-refractivity contribution in [3.05, 3.63) is 30.1 Å². The van der Waals surface area contributed by atoms with Crippen molar-refractivity contribution in [3.63, 3.8) is 0 Å². The summed E-state index contributed by atoms with van der Waals surface area (Å²) in [5.74, 6) is 0. The fourth-order valence-electron chi connectivity index (χ4n) is 0.442. The number of carbonyl (C=O) groups is 6. The fourth-order valence-corrected chi connectivity index (χ4v) is 0.442. The SMILES string of the molecule is C=O.C=O.C=O.C=O.C=O.O=Cc1ccncc1.[Cr]. The van der Waals surface area contributed by atoms with Gasteiger partial charge in [-0.05, 0) is 12.1 Å². The molecule has 0 N–H and O–H groups in total. The third-order valence-electron chi connectivity index (χ3n) is 0.842. The van der Waals surface area contributed by atoms with Crippen molar-refractivity contribution in [3.8, 4) is 0 Å². The first-order valence-corrected chi connectivity index (χ1v) is 3.73. The number of hydrogen-bond acceptors (Lipinski definition) is 7. The largest absolute Gasteiger partial charge is 0.307 e. The minimum absolute atomic E-state index is 0. The summed E-state index contributed by atoms with van der Waals surface area (Å²) in [5, 5.41) is 0. The minimum atomic E-state index is 0. The Kier molecular flexibility index (Phi) is 143. The van der Waals surface area contributed by atoms with Gasteiger partial charge in [-0.1, -0.05) is 0 Å². The van der Waals surface area contributed by atoms with Crippen molar-refractivity contribution in [2.75, 3.05) is 0 Å². The van der Waals surface area contributed by atoms with Gasteiger partial charge in [0.15, 0.2) is 0 Å². The van der Waals surface area contributed by atoms with Crippen molar-refractivity contribution in [1.82, 2.24) is 4.98 Å². The van der Waals surface area contributed by atoms with E-state index in [1.54, 1.807) is 24.5 Å². The first-order chi connectivity index (χ1) is 8.93. The van der Waals surface area contributed by atoms with Gasteiger partial charge in [0.1, 0.15) is 40.2 Å². The molecule has 0 spiro atoms. The molecule has 1 rings (SSSR count). The van der Waals surface area contributed by atoms with Gasteiger partial charge >= 0.3 is 0 Å². The van der Waals surface area contributed by atoms with Crippen LogP contribution < -0.4 is 0 Å². The fraction of sp³-hybridized carbons (Fsp3) is 0. The first-order valence-electron chi connectivity index (χ1n) is 3.73. The minimum Gasteiger partial charge on any atom is -0.307 e. The number of carbonyl (C=O) groups excluding carboxylic acids is 6. The van der Waals surface area contributed by atoms with Gasteiger partial charge in [0.25, 0.3) is 0 Å². The Labute approximate surface area is 122 Å². The number of nitrogens with zero attached hydrogens (tertiary/aromatic N) is 1. The Morgan fingerprint density at radius 2 is 1.00 bits per heavy atom. The summed E-state index contributed by atoms with van der Waals surface area (Å²) in [7, 11) is 0. The second-order valence-corrected chi connectivity index (χ2v) is 1.40. The number of aldehydes is 1. The van der Waals surface area contributed by atoms with E-state index in [-0.39, 0.29) is 17.4 Å². The normalized spacial score (nSPS) is 4.63. The molecule has 0 amide bonds. The third-order valence-corrected chi connectivity index (χ3v) is 0.842. The van der Waals surface area contributed by atoms with E-state index in [4.69, 9.17) is 24.0 Å². The quantitative estimate of drug-likeness (QED) is 0.669. The van der Waals surface area contributed by atoms with E-state index in [1.165, 1.54) is 0 Å². The number of rotatable bonds is 1. The van der Waals surface area contributed by atoms with Crippen LogP contribution in [0.4, 0.5) is 0 Å². The molecule has 0 saturated carbocycles. The Morgan fingerprint density at radius 1 is 0.737 bits per heavy atom. The molecule has 0 radical (unpaired) electrons. The van der Waals surface area contributed by atoms with E-state index in [9.17, 15) is 4.79 Å². The topological polar surface area (TPSA) is 115 Å². The van der Waals surface area contributed by atoms with Crippen LogP contribution in [0.15, 0.2) is 24.5 Å². The molecule has 0 unspecified atom stereocenters. The molecule has 0 aromatic carbocycles. The van der Waals surface area contributed by atoms with E-state index in [1.807, 2.05) is 33.9 Å². The molecule has 0 aliphatic rings. The Bertz CT molecular complexity index is 239. The Morgan fingerprint density at radius 3 is 1.16 bits per heavy atom. The van der Waals surface area contributed by atoms with Crippen molar-refractivity contribution < 1.29 is 46.1 Å². The van der Waals surface area contributed by atoms with Gasteiger partial charge in [0, 0.05) is 35.3 Å². The van der Waals surface area contributed by atoms with Crippen LogP contribution in [0.25, 0.3) is 0 Å². The maximum Gasteiger partial charge on any atom is 0.150 e. The van der Waals surface area contributed by atoms with Crippen LogP contribution in [0.3, 0.4) is 0 Å². The molecule has 0 bridgehead atoms. The maximum absolute atomic E-state index is 9.98. The number of hydrogen-bond donors (Lipinski definition) is 0. The van der Waals surface area contributed by atoms with Gasteiger partial charge < -0.3 is 24.0 Å². The zero-order valence-corrected chi connectivity index (χ0v) is 11.5. The Hall–Kier alpha value is -2.30. The molecule has 1 heterocycles. The van der Waals surface area contributed by atoms with Crippen LogP contribution in [-0.4, -0.2) is 45.2 Å². The molecule has 106 valence electrons. The van der Waals surface area contributed by atoms with E-state index < -0.39 is 0 Å². The second kappa shape index (κ2) is 75.6. The van der Waals surface area contributed by atoms with Crippen LogP contribution in [-0.2, 0) is 41.3 Å².